The molecule has 2 aromatic carbocycles. The van der Waals surface area contributed by atoms with Gasteiger partial charge in [0, 0.05) is 27.6 Å². The lowest BCUT2D eigenvalue weighted by molar-refractivity contribution is 0.543. The third-order valence-electron chi connectivity index (χ3n) is 2.98. The molecule has 1 atom stereocenters. The average molecular weight is 343 g/mol. The summed E-state index contributed by atoms with van der Waals surface area (Å²) in [4.78, 5) is 0. The molecule has 0 aliphatic rings. The molecule has 1 nitrogen and oxygen atoms in total. The number of nitrogens with one attached hydrogen (secondary N) is 1. The van der Waals surface area contributed by atoms with Crippen LogP contribution in [0, 0.1) is 5.82 Å². The van der Waals surface area contributed by atoms with Gasteiger partial charge in [0.05, 0.1) is 0 Å². The quantitative estimate of drug-likeness (QED) is 0.816. The summed E-state index contributed by atoms with van der Waals surface area (Å²) in [6.07, 6.45) is 0. The number of rotatable bonds is 4. The first-order chi connectivity index (χ1) is 9.08. The lowest BCUT2D eigenvalue weighted by Crippen LogP contribution is -2.19. The first-order valence-corrected chi connectivity index (χ1v) is 7.17. The van der Waals surface area contributed by atoms with Crippen molar-refractivity contribution in [3.8, 4) is 0 Å². The second-order valence-electron chi connectivity index (χ2n) is 4.36. The summed E-state index contributed by atoms with van der Waals surface area (Å²) in [7, 11) is 0. The molecule has 0 spiro atoms. The number of hydrogen-bond acceptors (Lipinski definition) is 1. The van der Waals surface area contributed by atoms with Crippen LogP contribution < -0.4 is 5.32 Å². The molecule has 0 aliphatic carbocycles. The molecule has 19 heavy (non-hydrogen) atoms. The Morgan fingerprint density at radius 3 is 2.74 bits per heavy atom. The maximum absolute atomic E-state index is 13.6. The summed E-state index contributed by atoms with van der Waals surface area (Å²) in [5, 5.41) is 3.84. The Balaban J connectivity index is 2.06. The first-order valence-electron chi connectivity index (χ1n) is 5.99. The van der Waals surface area contributed by atoms with Crippen molar-refractivity contribution in [3.63, 3.8) is 0 Å². The van der Waals surface area contributed by atoms with Crippen LogP contribution in [0.15, 0.2) is 46.9 Å². The molecule has 0 amide bonds. The van der Waals surface area contributed by atoms with Crippen LogP contribution in [0.3, 0.4) is 0 Å². The fraction of sp³-hybridized carbons (Fsp3) is 0.200. The van der Waals surface area contributed by atoms with Crippen molar-refractivity contribution in [1.82, 2.24) is 5.32 Å². The maximum atomic E-state index is 13.6. The van der Waals surface area contributed by atoms with E-state index in [0.717, 1.165) is 10.0 Å². The van der Waals surface area contributed by atoms with Crippen LogP contribution in [-0.2, 0) is 6.54 Å². The van der Waals surface area contributed by atoms with Gasteiger partial charge in [-0.05, 0) is 36.8 Å². The van der Waals surface area contributed by atoms with Gasteiger partial charge in [-0.15, -0.1) is 0 Å². The van der Waals surface area contributed by atoms with Gasteiger partial charge in [-0.1, -0.05) is 45.7 Å². The minimum atomic E-state index is -0.240. The molecular weight excluding hydrogens is 329 g/mol. The minimum absolute atomic E-state index is 0.119. The van der Waals surface area contributed by atoms with Crippen LogP contribution in [0.2, 0.25) is 5.02 Å². The summed E-state index contributed by atoms with van der Waals surface area (Å²) < 4.78 is 14.6. The Morgan fingerprint density at radius 2 is 2.00 bits per heavy atom. The van der Waals surface area contributed by atoms with Gasteiger partial charge in [0.15, 0.2) is 0 Å². The molecule has 1 N–H and O–H groups in total. The van der Waals surface area contributed by atoms with E-state index in [0.29, 0.717) is 17.1 Å². The third-order valence-corrected chi connectivity index (χ3v) is 3.94. The van der Waals surface area contributed by atoms with Gasteiger partial charge in [-0.25, -0.2) is 4.39 Å². The molecule has 0 aliphatic heterocycles. The van der Waals surface area contributed by atoms with E-state index < -0.39 is 0 Å². The molecule has 0 heterocycles. The minimum Gasteiger partial charge on any atom is -0.306 e. The molecule has 100 valence electrons. The molecule has 0 bridgehead atoms. The fourth-order valence-electron chi connectivity index (χ4n) is 1.88. The SMILES string of the molecule is C[C@H](NCc1cc(Cl)ccc1F)c1ccccc1Br. The molecule has 2 aromatic rings. The van der Waals surface area contributed by atoms with E-state index in [4.69, 9.17) is 11.6 Å². The van der Waals surface area contributed by atoms with E-state index in [2.05, 4.69) is 21.2 Å². The van der Waals surface area contributed by atoms with Gasteiger partial charge in [-0.2, -0.15) is 0 Å². The molecule has 0 fully saturated rings. The van der Waals surface area contributed by atoms with Crippen LogP contribution in [0.4, 0.5) is 4.39 Å². The van der Waals surface area contributed by atoms with E-state index in [1.165, 1.54) is 6.07 Å². The third kappa shape index (κ3) is 3.78. The summed E-state index contributed by atoms with van der Waals surface area (Å²) in [5.41, 5.74) is 1.72. The zero-order chi connectivity index (χ0) is 13.8. The second kappa shape index (κ2) is 6.51. The van der Waals surface area contributed by atoms with Crippen molar-refractivity contribution in [3.05, 3.63) is 68.9 Å². The lowest BCUT2D eigenvalue weighted by atomic mass is 10.1. The van der Waals surface area contributed by atoms with E-state index >= 15 is 0 Å². The van der Waals surface area contributed by atoms with E-state index in [1.807, 2.05) is 31.2 Å². The van der Waals surface area contributed by atoms with E-state index in [1.54, 1.807) is 12.1 Å². The van der Waals surface area contributed by atoms with E-state index in [-0.39, 0.29) is 11.9 Å². The molecule has 0 saturated carbocycles. The highest BCUT2D eigenvalue weighted by atomic mass is 79.9. The largest absolute Gasteiger partial charge is 0.306 e. The predicted molar refractivity (Wildman–Crippen MR) is 80.8 cm³/mol. The van der Waals surface area contributed by atoms with Gasteiger partial charge in [-0.3, -0.25) is 0 Å². The lowest BCUT2D eigenvalue weighted by Gasteiger charge is -2.16. The molecular formula is C15H14BrClFN. The van der Waals surface area contributed by atoms with Crippen molar-refractivity contribution in [2.75, 3.05) is 0 Å². The maximum Gasteiger partial charge on any atom is 0.127 e. The normalized spacial score (nSPS) is 12.4. The zero-order valence-corrected chi connectivity index (χ0v) is 12.8. The highest BCUT2D eigenvalue weighted by Crippen LogP contribution is 2.23. The van der Waals surface area contributed by atoms with Crippen LogP contribution in [0.5, 0.6) is 0 Å². The van der Waals surface area contributed by atoms with Crippen LogP contribution in [0.1, 0.15) is 24.1 Å². The van der Waals surface area contributed by atoms with Gasteiger partial charge in [0.2, 0.25) is 0 Å². The number of halogens is 3. The Bertz CT molecular complexity index is 574. The Morgan fingerprint density at radius 1 is 1.26 bits per heavy atom. The van der Waals surface area contributed by atoms with Crippen molar-refractivity contribution >= 4 is 27.5 Å². The fourth-order valence-corrected chi connectivity index (χ4v) is 2.70. The standard InChI is InChI=1S/C15H14BrClFN/c1-10(13-4-2-3-5-14(13)16)19-9-11-8-12(17)6-7-15(11)18/h2-8,10,19H,9H2,1H3/t10-/m0/s1. The average Bonchev–Trinajstić information content (AvgIpc) is 2.40. The summed E-state index contributed by atoms with van der Waals surface area (Å²) in [5.74, 6) is -0.240. The summed E-state index contributed by atoms with van der Waals surface area (Å²) in [6, 6.07) is 12.7. The van der Waals surface area contributed by atoms with E-state index in [9.17, 15) is 4.39 Å². The van der Waals surface area contributed by atoms with Gasteiger partial charge in [0.1, 0.15) is 5.82 Å². The smallest absolute Gasteiger partial charge is 0.127 e. The highest BCUT2D eigenvalue weighted by molar-refractivity contribution is 9.10. The van der Waals surface area contributed by atoms with Crippen molar-refractivity contribution in [2.45, 2.75) is 19.5 Å². The van der Waals surface area contributed by atoms with Gasteiger partial charge >= 0.3 is 0 Å². The first kappa shape index (κ1) is 14.5. The molecule has 0 unspecified atom stereocenters. The summed E-state index contributed by atoms with van der Waals surface area (Å²) >= 11 is 9.39. The molecule has 4 heteroatoms. The molecule has 0 saturated heterocycles. The van der Waals surface area contributed by atoms with Gasteiger partial charge in [0.25, 0.3) is 0 Å². The van der Waals surface area contributed by atoms with Crippen LogP contribution in [-0.4, -0.2) is 0 Å². The second-order valence-corrected chi connectivity index (χ2v) is 5.65. The van der Waals surface area contributed by atoms with Crippen molar-refractivity contribution in [1.29, 1.82) is 0 Å². The Hall–Kier alpha value is -0.900. The number of benzene rings is 2. The van der Waals surface area contributed by atoms with Crippen LogP contribution >= 0.6 is 27.5 Å². The van der Waals surface area contributed by atoms with Crippen molar-refractivity contribution < 1.29 is 4.39 Å². The monoisotopic (exact) mass is 341 g/mol. The highest BCUT2D eigenvalue weighted by Gasteiger charge is 2.09. The predicted octanol–water partition coefficient (Wildman–Crippen LogP) is 5.09. The Labute approximate surface area is 125 Å². The Kier molecular flexibility index (Phi) is 4.97. The zero-order valence-electron chi connectivity index (χ0n) is 10.5. The summed E-state index contributed by atoms with van der Waals surface area (Å²) in [6.45, 7) is 2.48. The van der Waals surface area contributed by atoms with Crippen molar-refractivity contribution in [2.24, 2.45) is 0 Å². The topological polar surface area (TPSA) is 12.0 Å². The molecule has 2 rings (SSSR count). The number of hydrogen-bond donors (Lipinski definition) is 1. The molecule has 0 aromatic heterocycles. The van der Waals surface area contributed by atoms with Crippen LogP contribution in [0.25, 0.3) is 0 Å². The van der Waals surface area contributed by atoms with Gasteiger partial charge < -0.3 is 5.32 Å². The molecule has 0 radical (unpaired) electrons.